The number of rotatable bonds is 6. The van der Waals surface area contributed by atoms with Crippen LogP contribution in [-0.4, -0.2) is 50.5 Å². The molecule has 0 saturated carbocycles. The zero-order chi connectivity index (χ0) is 22.7. The summed E-state index contributed by atoms with van der Waals surface area (Å²) < 4.78 is 5.33. The summed E-state index contributed by atoms with van der Waals surface area (Å²) in [4.78, 5) is 36.5. The molecule has 0 spiro atoms. The first kappa shape index (κ1) is 21.5. The van der Waals surface area contributed by atoms with Crippen molar-refractivity contribution in [1.82, 2.24) is 30.4 Å². The number of methoxy groups -OCH3 is 1. The van der Waals surface area contributed by atoms with Gasteiger partial charge in [-0.15, -0.1) is 0 Å². The number of H-pyrrole nitrogens is 1. The molecule has 166 valence electrons. The second-order valence-electron chi connectivity index (χ2n) is 7.79. The summed E-state index contributed by atoms with van der Waals surface area (Å²) in [6, 6.07) is 7.31. The molecule has 2 aromatic heterocycles. The molecule has 3 aromatic rings. The van der Waals surface area contributed by atoms with Gasteiger partial charge >= 0.3 is 0 Å². The number of para-hydroxylation sites is 1. The largest absolute Gasteiger partial charge is 0.496 e. The maximum atomic E-state index is 13.0. The van der Waals surface area contributed by atoms with Crippen molar-refractivity contribution >= 4 is 11.8 Å². The van der Waals surface area contributed by atoms with E-state index in [2.05, 4.69) is 25.5 Å². The molecule has 0 aliphatic carbocycles. The van der Waals surface area contributed by atoms with Crippen LogP contribution < -0.4 is 10.1 Å². The second-order valence-corrected chi connectivity index (χ2v) is 7.79. The Morgan fingerprint density at radius 1 is 1.22 bits per heavy atom. The number of likely N-dealkylation sites (tertiary alicyclic amines) is 1. The average Bonchev–Trinajstić information content (AvgIpc) is 3.46. The molecule has 2 amide bonds. The van der Waals surface area contributed by atoms with Gasteiger partial charge in [-0.1, -0.05) is 18.2 Å². The Balaban J connectivity index is 1.48. The van der Waals surface area contributed by atoms with E-state index in [0.29, 0.717) is 35.7 Å². The number of benzene rings is 1. The summed E-state index contributed by atoms with van der Waals surface area (Å²) in [6.45, 7) is 4.57. The number of nitrogens with one attached hydrogen (secondary N) is 2. The third-order valence-electron chi connectivity index (χ3n) is 5.75. The molecule has 9 heteroatoms. The van der Waals surface area contributed by atoms with E-state index in [1.807, 2.05) is 31.2 Å². The smallest absolute Gasteiger partial charge is 0.257 e. The van der Waals surface area contributed by atoms with Crippen molar-refractivity contribution in [3.05, 3.63) is 70.6 Å². The SMILES string of the molecule is COc1ccccc1CNC(=O)c1cnc([C@@H]2CCCN2C(=O)c2cn[nH]c2C)nc1C. The maximum absolute atomic E-state index is 13.0. The number of aromatic nitrogens is 4. The number of hydrogen-bond donors (Lipinski definition) is 2. The third kappa shape index (κ3) is 4.18. The molecule has 1 aliphatic rings. The Morgan fingerprint density at radius 2 is 2.03 bits per heavy atom. The van der Waals surface area contributed by atoms with Gasteiger partial charge in [-0.3, -0.25) is 14.7 Å². The van der Waals surface area contributed by atoms with E-state index in [1.54, 1.807) is 31.3 Å². The number of ether oxygens (including phenoxy) is 1. The van der Waals surface area contributed by atoms with Crippen LogP contribution in [0.15, 0.2) is 36.7 Å². The van der Waals surface area contributed by atoms with Crippen molar-refractivity contribution in [2.75, 3.05) is 13.7 Å². The highest BCUT2D eigenvalue weighted by atomic mass is 16.5. The highest BCUT2D eigenvalue weighted by molar-refractivity contribution is 5.96. The minimum absolute atomic E-state index is 0.0846. The first-order chi connectivity index (χ1) is 15.5. The van der Waals surface area contributed by atoms with Gasteiger partial charge in [-0.2, -0.15) is 5.10 Å². The van der Waals surface area contributed by atoms with Crippen LogP contribution in [0, 0.1) is 13.8 Å². The van der Waals surface area contributed by atoms with Gasteiger partial charge in [0.05, 0.1) is 36.2 Å². The van der Waals surface area contributed by atoms with Gasteiger partial charge in [0.2, 0.25) is 0 Å². The molecular weight excluding hydrogens is 408 g/mol. The molecule has 0 bridgehead atoms. The van der Waals surface area contributed by atoms with Crippen molar-refractivity contribution in [2.24, 2.45) is 0 Å². The van der Waals surface area contributed by atoms with E-state index in [1.165, 1.54) is 0 Å². The van der Waals surface area contributed by atoms with E-state index >= 15 is 0 Å². The van der Waals surface area contributed by atoms with Gasteiger partial charge < -0.3 is 15.0 Å². The van der Waals surface area contributed by atoms with Gasteiger partial charge in [-0.25, -0.2) is 9.97 Å². The molecule has 3 heterocycles. The average molecular weight is 435 g/mol. The molecule has 1 fully saturated rings. The van der Waals surface area contributed by atoms with Crippen molar-refractivity contribution in [2.45, 2.75) is 39.3 Å². The van der Waals surface area contributed by atoms with E-state index in [0.717, 1.165) is 29.8 Å². The van der Waals surface area contributed by atoms with Crippen molar-refractivity contribution < 1.29 is 14.3 Å². The predicted octanol–water partition coefficient (Wildman–Crippen LogP) is 2.73. The molecule has 0 unspecified atom stereocenters. The molecule has 9 nitrogen and oxygen atoms in total. The lowest BCUT2D eigenvalue weighted by Gasteiger charge is -2.24. The number of carbonyl (C=O) groups excluding carboxylic acids is 2. The number of carbonyl (C=O) groups is 2. The maximum Gasteiger partial charge on any atom is 0.257 e. The molecule has 0 radical (unpaired) electrons. The quantitative estimate of drug-likeness (QED) is 0.617. The summed E-state index contributed by atoms with van der Waals surface area (Å²) in [7, 11) is 1.60. The number of amides is 2. The van der Waals surface area contributed by atoms with Gasteiger partial charge in [0.1, 0.15) is 5.75 Å². The minimum Gasteiger partial charge on any atom is -0.496 e. The Kier molecular flexibility index (Phi) is 6.16. The van der Waals surface area contributed by atoms with Crippen LogP contribution in [0.5, 0.6) is 5.75 Å². The fourth-order valence-electron chi connectivity index (χ4n) is 3.99. The number of aryl methyl sites for hydroxylation is 2. The molecule has 32 heavy (non-hydrogen) atoms. The summed E-state index contributed by atoms with van der Waals surface area (Å²) >= 11 is 0. The summed E-state index contributed by atoms with van der Waals surface area (Å²) in [5.74, 6) is 0.928. The van der Waals surface area contributed by atoms with Crippen LogP contribution in [0.2, 0.25) is 0 Å². The van der Waals surface area contributed by atoms with Gasteiger partial charge in [-0.05, 0) is 32.8 Å². The number of hydrogen-bond acceptors (Lipinski definition) is 6. The Hall–Kier alpha value is -3.75. The molecule has 1 saturated heterocycles. The third-order valence-corrected chi connectivity index (χ3v) is 5.75. The zero-order valence-corrected chi connectivity index (χ0v) is 18.4. The van der Waals surface area contributed by atoms with E-state index < -0.39 is 0 Å². The van der Waals surface area contributed by atoms with Crippen molar-refractivity contribution in [3.8, 4) is 5.75 Å². The first-order valence-corrected chi connectivity index (χ1v) is 10.5. The summed E-state index contributed by atoms with van der Waals surface area (Å²) in [5.41, 5.74) is 3.16. The fraction of sp³-hybridized carbons (Fsp3) is 0.348. The molecule has 1 aromatic carbocycles. The standard InChI is InChI=1S/C23H26N6O3/c1-14-17(22(30)25-11-16-7-4-5-9-20(16)32-3)12-24-21(27-14)19-8-6-10-29(19)23(31)18-13-26-28-15(18)2/h4-5,7,9,12-13,19H,6,8,10-11H2,1-3H3,(H,25,30)(H,26,28)/t19-/m0/s1. The van der Waals surface area contributed by atoms with Crippen molar-refractivity contribution in [1.29, 1.82) is 0 Å². The normalized spacial score (nSPS) is 15.6. The van der Waals surface area contributed by atoms with Crippen LogP contribution in [0.25, 0.3) is 0 Å². The van der Waals surface area contributed by atoms with Crippen LogP contribution in [0.3, 0.4) is 0 Å². The lowest BCUT2D eigenvalue weighted by atomic mass is 10.1. The van der Waals surface area contributed by atoms with E-state index in [9.17, 15) is 9.59 Å². The first-order valence-electron chi connectivity index (χ1n) is 10.5. The topological polar surface area (TPSA) is 113 Å². The molecule has 4 rings (SSSR count). The predicted molar refractivity (Wildman–Crippen MR) is 117 cm³/mol. The van der Waals surface area contributed by atoms with Crippen LogP contribution in [0.4, 0.5) is 0 Å². The highest BCUT2D eigenvalue weighted by Crippen LogP contribution is 2.31. The lowest BCUT2D eigenvalue weighted by Crippen LogP contribution is -2.32. The Bertz CT molecular complexity index is 1140. The zero-order valence-electron chi connectivity index (χ0n) is 18.4. The summed E-state index contributed by atoms with van der Waals surface area (Å²) in [5, 5.41) is 9.66. The van der Waals surface area contributed by atoms with Crippen LogP contribution >= 0.6 is 0 Å². The monoisotopic (exact) mass is 434 g/mol. The highest BCUT2D eigenvalue weighted by Gasteiger charge is 2.34. The fourth-order valence-corrected chi connectivity index (χ4v) is 3.99. The Morgan fingerprint density at radius 3 is 2.75 bits per heavy atom. The number of aromatic amines is 1. The van der Waals surface area contributed by atoms with E-state index in [-0.39, 0.29) is 17.9 Å². The minimum atomic E-state index is -0.256. The molecule has 1 atom stereocenters. The summed E-state index contributed by atoms with van der Waals surface area (Å²) in [6.07, 6.45) is 4.74. The van der Waals surface area contributed by atoms with E-state index in [4.69, 9.17) is 4.74 Å². The van der Waals surface area contributed by atoms with Gasteiger partial charge in [0.15, 0.2) is 5.82 Å². The molecule has 2 N–H and O–H groups in total. The van der Waals surface area contributed by atoms with Gasteiger partial charge in [0.25, 0.3) is 11.8 Å². The second kappa shape index (κ2) is 9.17. The van der Waals surface area contributed by atoms with Crippen LogP contribution in [-0.2, 0) is 6.54 Å². The van der Waals surface area contributed by atoms with Crippen LogP contribution in [0.1, 0.15) is 62.4 Å². The number of nitrogens with zero attached hydrogens (tertiary/aromatic N) is 4. The molecule has 1 aliphatic heterocycles. The lowest BCUT2D eigenvalue weighted by molar-refractivity contribution is 0.0728. The van der Waals surface area contributed by atoms with Crippen molar-refractivity contribution in [3.63, 3.8) is 0 Å². The molecular formula is C23H26N6O3. The van der Waals surface area contributed by atoms with Gasteiger partial charge in [0, 0.05) is 30.5 Å². The Labute approximate surface area is 186 Å².